The topological polar surface area (TPSA) is 74.5 Å². The van der Waals surface area contributed by atoms with Crippen LogP contribution in [0.3, 0.4) is 0 Å². The van der Waals surface area contributed by atoms with Crippen molar-refractivity contribution in [3.63, 3.8) is 0 Å². The lowest BCUT2D eigenvalue weighted by atomic mass is 10.2. The van der Waals surface area contributed by atoms with Crippen molar-refractivity contribution in [2.24, 2.45) is 0 Å². The van der Waals surface area contributed by atoms with E-state index in [1.165, 1.54) is 18.5 Å². The second-order valence-corrected chi connectivity index (χ2v) is 3.93. The summed E-state index contributed by atoms with van der Waals surface area (Å²) in [6.07, 6.45) is 2.63. The zero-order valence-corrected chi connectivity index (χ0v) is 11.0. The van der Waals surface area contributed by atoms with E-state index in [9.17, 15) is 10.1 Å². The van der Waals surface area contributed by atoms with Gasteiger partial charge in [-0.1, -0.05) is 18.2 Å². The van der Waals surface area contributed by atoms with E-state index in [1.807, 2.05) is 31.2 Å². The fourth-order valence-corrected chi connectivity index (χ4v) is 1.71. The lowest BCUT2D eigenvalue weighted by Crippen LogP contribution is -2.02. The van der Waals surface area contributed by atoms with Crippen LogP contribution < -0.4 is 9.47 Å². The molecule has 0 radical (unpaired) electrons. The Bertz CT molecular complexity index is 601. The number of nitro groups is 1. The number of benzene rings is 1. The van der Waals surface area contributed by atoms with Crippen molar-refractivity contribution in [2.75, 3.05) is 6.61 Å². The Kier molecular flexibility index (Phi) is 4.49. The summed E-state index contributed by atoms with van der Waals surface area (Å²) >= 11 is 0. The lowest BCUT2D eigenvalue weighted by molar-refractivity contribution is -0.386. The van der Waals surface area contributed by atoms with E-state index in [0.29, 0.717) is 12.4 Å². The van der Waals surface area contributed by atoms with Crippen LogP contribution in [0.4, 0.5) is 5.69 Å². The molecule has 20 heavy (non-hydrogen) atoms. The minimum absolute atomic E-state index is 0.151. The second-order valence-electron chi connectivity index (χ2n) is 3.93. The molecular weight excluding hydrogens is 260 g/mol. The van der Waals surface area contributed by atoms with E-state index in [1.54, 1.807) is 0 Å². The summed E-state index contributed by atoms with van der Waals surface area (Å²) in [6, 6.07) is 8.90. The highest BCUT2D eigenvalue weighted by Crippen LogP contribution is 2.27. The van der Waals surface area contributed by atoms with Crippen molar-refractivity contribution in [1.82, 2.24) is 4.98 Å². The maximum atomic E-state index is 10.9. The van der Waals surface area contributed by atoms with Crippen LogP contribution in [0.2, 0.25) is 0 Å². The highest BCUT2D eigenvalue weighted by atomic mass is 16.6. The van der Waals surface area contributed by atoms with Crippen molar-refractivity contribution in [1.29, 1.82) is 0 Å². The average Bonchev–Trinajstić information content (AvgIpc) is 2.47. The molecule has 0 N–H and O–H groups in total. The molecule has 1 aromatic heterocycles. The lowest BCUT2D eigenvalue weighted by Gasteiger charge is -2.11. The monoisotopic (exact) mass is 274 g/mol. The van der Waals surface area contributed by atoms with E-state index < -0.39 is 4.92 Å². The molecule has 1 aromatic carbocycles. The maximum Gasteiger partial charge on any atom is 0.329 e. The molecule has 0 aliphatic rings. The highest BCUT2D eigenvalue weighted by Gasteiger charge is 2.15. The van der Waals surface area contributed by atoms with Crippen LogP contribution in [0.1, 0.15) is 12.5 Å². The number of hydrogen-bond donors (Lipinski definition) is 0. The summed E-state index contributed by atoms with van der Waals surface area (Å²) in [4.78, 5) is 14.1. The summed E-state index contributed by atoms with van der Waals surface area (Å²) in [5.41, 5.74) is 0.682. The van der Waals surface area contributed by atoms with Crippen LogP contribution in [-0.4, -0.2) is 16.5 Å². The molecule has 0 unspecified atom stereocenters. The Morgan fingerprint density at radius 1 is 1.20 bits per heavy atom. The smallest absolute Gasteiger partial charge is 0.329 e. The molecule has 0 aliphatic carbocycles. The molecule has 0 fully saturated rings. The molecule has 1 heterocycles. The number of para-hydroxylation sites is 1. The molecule has 0 saturated heterocycles. The third kappa shape index (κ3) is 3.23. The van der Waals surface area contributed by atoms with Gasteiger partial charge in [0.25, 0.3) is 0 Å². The summed E-state index contributed by atoms with van der Waals surface area (Å²) in [5.74, 6) is 0.906. The molecule has 2 aromatic rings. The number of pyridine rings is 1. The highest BCUT2D eigenvalue weighted by molar-refractivity contribution is 5.43. The van der Waals surface area contributed by atoms with Gasteiger partial charge in [0.1, 0.15) is 18.6 Å². The van der Waals surface area contributed by atoms with Gasteiger partial charge in [-0.25, -0.2) is 0 Å². The SMILES string of the molecule is CCOc1ccccc1COc1ccncc1[N+](=O)[O-]. The third-order valence-electron chi connectivity index (χ3n) is 2.61. The first-order valence-corrected chi connectivity index (χ1v) is 6.14. The van der Waals surface area contributed by atoms with Crippen LogP contribution in [0.15, 0.2) is 42.7 Å². The van der Waals surface area contributed by atoms with Crippen molar-refractivity contribution in [2.45, 2.75) is 13.5 Å². The first kappa shape index (κ1) is 13.8. The molecule has 6 nitrogen and oxygen atoms in total. The van der Waals surface area contributed by atoms with Crippen LogP contribution >= 0.6 is 0 Å². The van der Waals surface area contributed by atoms with Gasteiger partial charge in [-0.2, -0.15) is 0 Å². The van der Waals surface area contributed by atoms with Gasteiger partial charge in [0, 0.05) is 17.8 Å². The van der Waals surface area contributed by atoms with Crippen LogP contribution in [0.5, 0.6) is 11.5 Å². The Morgan fingerprint density at radius 2 is 2.00 bits per heavy atom. The van der Waals surface area contributed by atoms with Crippen LogP contribution in [-0.2, 0) is 6.61 Å². The number of nitrogens with zero attached hydrogens (tertiary/aromatic N) is 2. The molecular formula is C14H14N2O4. The minimum atomic E-state index is -0.517. The Labute approximate surface area is 116 Å². The van der Waals surface area contributed by atoms with E-state index in [-0.39, 0.29) is 18.0 Å². The van der Waals surface area contributed by atoms with Crippen molar-refractivity contribution in [3.05, 3.63) is 58.4 Å². The van der Waals surface area contributed by atoms with E-state index in [4.69, 9.17) is 9.47 Å². The molecule has 0 saturated carbocycles. The van der Waals surface area contributed by atoms with Gasteiger partial charge in [-0.05, 0) is 13.0 Å². The Morgan fingerprint density at radius 3 is 2.75 bits per heavy atom. The third-order valence-corrected chi connectivity index (χ3v) is 2.61. The van der Waals surface area contributed by atoms with E-state index in [0.717, 1.165) is 5.56 Å². The summed E-state index contributed by atoms with van der Waals surface area (Å²) in [6.45, 7) is 2.64. The predicted molar refractivity (Wildman–Crippen MR) is 72.8 cm³/mol. The molecule has 0 aliphatic heterocycles. The minimum Gasteiger partial charge on any atom is -0.493 e. The first-order chi connectivity index (χ1) is 9.72. The fourth-order valence-electron chi connectivity index (χ4n) is 1.71. The zero-order valence-electron chi connectivity index (χ0n) is 11.0. The standard InChI is InChI=1S/C14H14N2O4/c1-2-19-13-6-4-3-5-11(13)10-20-14-7-8-15-9-12(14)16(17)18/h3-9H,2,10H2,1H3. The predicted octanol–water partition coefficient (Wildman–Crippen LogP) is 2.97. The summed E-state index contributed by atoms with van der Waals surface area (Å²) in [7, 11) is 0. The average molecular weight is 274 g/mol. The van der Waals surface area contributed by atoms with Crippen molar-refractivity contribution < 1.29 is 14.4 Å². The van der Waals surface area contributed by atoms with Crippen LogP contribution in [0.25, 0.3) is 0 Å². The maximum absolute atomic E-state index is 10.9. The number of ether oxygens (including phenoxy) is 2. The zero-order chi connectivity index (χ0) is 14.4. The number of hydrogen-bond acceptors (Lipinski definition) is 5. The van der Waals surface area contributed by atoms with Gasteiger partial charge in [0.2, 0.25) is 5.75 Å². The summed E-state index contributed by atoms with van der Waals surface area (Å²) < 4.78 is 11.0. The van der Waals surface area contributed by atoms with Gasteiger partial charge in [-0.3, -0.25) is 15.1 Å². The normalized spacial score (nSPS) is 10.1. The molecule has 0 atom stereocenters. The van der Waals surface area contributed by atoms with Crippen LogP contribution in [0, 0.1) is 10.1 Å². The fraction of sp³-hybridized carbons (Fsp3) is 0.214. The largest absolute Gasteiger partial charge is 0.493 e. The second kappa shape index (κ2) is 6.51. The number of rotatable bonds is 6. The molecule has 0 bridgehead atoms. The quantitative estimate of drug-likeness (QED) is 0.598. The van der Waals surface area contributed by atoms with Crippen molar-refractivity contribution in [3.8, 4) is 11.5 Å². The van der Waals surface area contributed by atoms with Gasteiger partial charge >= 0.3 is 5.69 Å². The van der Waals surface area contributed by atoms with Gasteiger partial charge in [-0.15, -0.1) is 0 Å². The molecule has 104 valence electrons. The number of aromatic nitrogens is 1. The van der Waals surface area contributed by atoms with E-state index in [2.05, 4.69) is 4.98 Å². The Hall–Kier alpha value is -2.63. The molecule has 0 spiro atoms. The first-order valence-electron chi connectivity index (χ1n) is 6.14. The summed E-state index contributed by atoms with van der Waals surface area (Å²) in [5, 5.41) is 10.9. The van der Waals surface area contributed by atoms with Gasteiger partial charge in [0.15, 0.2) is 0 Å². The molecule has 2 rings (SSSR count). The molecule has 6 heteroatoms. The van der Waals surface area contributed by atoms with Crippen molar-refractivity contribution >= 4 is 5.69 Å². The Balaban J connectivity index is 2.15. The van der Waals surface area contributed by atoms with Gasteiger partial charge < -0.3 is 9.47 Å². The van der Waals surface area contributed by atoms with Gasteiger partial charge in [0.05, 0.1) is 11.5 Å². The van der Waals surface area contributed by atoms with E-state index >= 15 is 0 Å². The molecule has 0 amide bonds.